The van der Waals surface area contributed by atoms with E-state index in [2.05, 4.69) is 10.1 Å². The summed E-state index contributed by atoms with van der Waals surface area (Å²) in [5.74, 6) is 0.682. The van der Waals surface area contributed by atoms with Crippen molar-refractivity contribution in [3.05, 3.63) is 71.6 Å². The maximum atomic E-state index is 10.2. The number of aromatic nitrogens is 2. The van der Waals surface area contributed by atoms with Crippen LogP contribution in [0.1, 0.15) is 23.1 Å². The highest BCUT2D eigenvalue weighted by Crippen LogP contribution is 2.23. The van der Waals surface area contributed by atoms with Gasteiger partial charge >= 0.3 is 0 Å². The molecule has 0 spiro atoms. The summed E-state index contributed by atoms with van der Waals surface area (Å²) in [7, 11) is 0. The zero-order valence-electron chi connectivity index (χ0n) is 11.0. The molecule has 0 bridgehead atoms. The number of aliphatic hydroxyl groups is 1. The van der Waals surface area contributed by atoms with Crippen molar-refractivity contribution < 1.29 is 9.63 Å². The first-order valence-corrected chi connectivity index (χ1v) is 6.38. The van der Waals surface area contributed by atoms with Crippen LogP contribution in [0.2, 0.25) is 0 Å². The quantitative estimate of drug-likeness (QED) is 0.791. The summed E-state index contributed by atoms with van der Waals surface area (Å²) in [6.07, 6.45) is -0.900. The molecule has 1 heterocycles. The Balaban J connectivity index is 1.89. The Morgan fingerprint density at radius 1 is 1.00 bits per heavy atom. The predicted octanol–water partition coefficient (Wildman–Crippen LogP) is 3.13. The summed E-state index contributed by atoms with van der Waals surface area (Å²) in [4.78, 5) is 4.26. The molecular formula is C16H14N2O2. The third-order valence-electron chi connectivity index (χ3n) is 3.10. The van der Waals surface area contributed by atoms with Gasteiger partial charge in [-0.05, 0) is 12.5 Å². The van der Waals surface area contributed by atoms with Crippen molar-refractivity contribution in [3.8, 4) is 11.4 Å². The van der Waals surface area contributed by atoms with Gasteiger partial charge in [0, 0.05) is 5.56 Å². The Morgan fingerprint density at radius 3 is 2.40 bits per heavy atom. The SMILES string of the molecule is Cc1ccc(-c2noc([C@@H](O)c3ccccc3)n2)cc1. The van der Waals surface area contributed by atoms with E-state index < -0.39 is 6.10 Å². The lowest BCUT2D eigenvalue weighted by Gasteiger charge is -2.04. The molecule has 0 unspecified atom stereocenters. The van der Waals surface area contributed by atoms with Crippen molar-refractivity contribution >= 4 is 0 Å². The van der Waals surface area contributed by atoms with Crippen LogP contribution in [0.4, 0.5) is 0 Å². The van der Waals surface area contributed by atoms with Gasteiger partial charge in [-0.25, -0.2) is 0 Å². The second-order valence-corrected chi connectivity index (χ2v) is 4.64. The van der Waals surface area contributed by atoms with E-state index in [0.717, 1.165) is 11.1 Å². The van der Waals surface area contributed by atoms with Gasteiger partial charge in [0.15, 0.2) is 6.10 Å². The zero-order chi connectivity index (χ0) is 13.9. The molecule has 0 radical (unpaired) electrons. The van der Waals surface area contributed by atoms with E-state index in [1.807, 2.05) is 61.5 Å². The third kappa shape index (κ3) is 2.46. The Bertz CT molecular complexity index is 690. The summed E-state index contributed by atoms with van der Waals surface area (Å²) in [5.41, 5.74) is 2.76. The number of hydrogen-bond acceptors (Lipinski definition) is 4. The van der Waals surface area contributed by atoms with E-state index in [-0.39, 0.29) is 5.89 Å². The van der Waals surface area contributed by atoms with E-state index in [0.29, 0.717) is 5.82 Å². The fourth-order valence-corrected chi connectivity index (χ4v) is 1.94. The average Bonchev–Trinajstić information content (AvgIpc) is 2.98. The zero-order valence-corrected chi connectivity index (χ0v) is 11.0. The predicted molar refractivity (Wildman–Crippen MR) is 75.0 cm³/mol. The van der Waals surface area contributed by atoms with E-state index in [9.17, 15) is 5.11 Å². The Kier molecular flexibility index (Phi) is 3.31. The molecule has 0 amide bonds. The highest BCUT2D eigenvalue weighted by atomic mass is 16.5. The fraction of sp³-hybridized carbons (Fsp3) is 0.125. The number of nitrogens with zero attached hydrogens (tertiary/aromatic N) is 2. The van der Waals surface area contributed by atoms with Crippen LogP contribution in [0.5, 0.6) is 0 Å². The van der Waals surface area contributed by atoms with Crippen LogP contribution in [0.15, 0.2) is 59.1 Å². The van der Waals surface area contributed by atoms with Gasteiger partial charge in [0.1, 0.15) is 0 Å². The lowest BCUT2D eigenvalue weighted by molar-refractivity contribution is 0.170. The Hall–Kier alpha value is -2.46. The Morgan fingerprint density at radius 2 is 1.70 bits per heavy atom. The van der Waals surface area contributed by atoms with E-state index >= 15 is 0 Å². The molecule has 20 heavy (non-hydrogen) atoms. The molecule has 3 rings (SSSR count). The number of rotatable bonds is 3. The second kappa shape index (κ2) is 5.27. The van der Waals surface area contributed by atoms with Gasteiger partial charge in [-0.2, -0.15) is 4.98 Å². The molecule has 0 aliphatic rings. The number of hydrogen-bond donors (Lipinski definition) is 1. The molecule has 4 heteroatoms. The molecule has 1 atom stereocenters. The van der Waals surface area contributed by atoms with Gasteiger partial charge in [-0.3, -0.25) is 0 Å². The monoisotopic (exact) mass is 266 g/mol. The summed E-state index contributed by atoms with van der Waals surface area (Å²) in [6.45, 7) is 2.02. The summed E-state index contributed by atoms with van der Waals surface area (Å²) in [5, 5.41) is 14.1. The van der Waals surface area contributed by atoms with Crippen molar-refractivity contribution in [1.29, 1.82) is 0 Å². The van der Waals surface area contributed by atoms with Gasteiger partial charge in [0.2, 0.25) is 5.82 Å². The number of benzene rings is 2. The molecule has 1 aromatic heterocycles. The van der Waals surface area contributed by atoms with E-state index in [4.69, 9.17) is 4.52 Å². The van der Waals surface area contributed by atoms with Crippen molar-refractivity contribution in [3.63, 3.8) is 0 Å². The maximum Gasteiger partial charge on any atom is 0.260 e. The van der Waals surface area contributed by atoms with Gasteiger partial charge in [-0.1, -0.05) is 65.3 Å². The van der Waals surface area contributed by atoms with E-state index in [1.165, 1.54) is 5.56 Å². The van der Waals surface area contributed by atoms with Crippen molar-refractivity contribution in [2.45, 2.75) is 13.0 Å². The molecule has 0 aliphatic carbocycles. The largest absolute Gasteiger partial charge is 0.378 e. The number of aliphatic hydroxyl groups excluding tert-OH is 1. The van der Waals surface area contributed by atoms with Gasteiger partial charge in [-0.15, -0.1) is 0 Å². The van der Waals surface area contributed by atoms with Crippen LogP contribution >= 0.6 is 0 Å². The first-order chi connectivity index (χ1) is 9.74. The molecule has 0 saturated carbocycles. The Labute approximate surface area is 116 Å². The lowest BCUT2D eigenvalue weighted by atomic mass is 10.1. The summed E-state index contributed by atoms with van der Waals surface area (Å²) in [6, 6.07) is 17.1. The summed E-state index contributed by atoms with van der Waals surface area (Å²) < 4.78 is 5.15. The minimum absolute atomic E-state index is 0.201. The molecule has 100 valence electrons. The lowest BCUT2D eigenvalue weighted by Crippen LogP contribution is -1.99. The van der Waals surface area contributed by atoms with Crippen LogP contribution in [0.25, 0.3) is 11.4 Å². The minimum Gasteiger partial charge on any atom is -0.378 e. The topological polar surface area (TPSA) is 59.2 Å². The molecule has 0 aliphatic heterocycles. The molecular weight excluding hydrogens is 252 g/mol. The summed E-state index contributed by atoms with van der Waals surface area (Å²) >= 11 is 0. The molecule has 1 N–H and O–H groups in total. The van der Waals surface area contributed by atoms with Crippen molar-refractivity contribution in [2.24, 2.45) is 0 Å². The maximum absolute atomic E-state index is 10.2. The first-order valence-electron chi connectivity index (χ1n) is 6.38. The van der Waals surface area contributed by atoms with E-state index in [1.54, 1.807) is 0 Å². The van der Waals surface area contributed by atoms with Crippen LogP contribution in [0, 0.1) is 6.92 Å². The smallest absolute Gasteiger partial charge is 0.260 e. The standard InChI is InChI=1S/C16H14N2O2/c1-11-7-9-13(10-8-11)15-17-16(20-18-15)14(19)12-5-3-2-4-6-12/h2-10,14,19H,1H3/t14-/m0/s1. The highest BCUT2D eigenvalue weighted by Gasteiger charge is 2.18. The molecule has 0 fully saturated rings. The van der Waals surface area contributed by atoms with Crippen LogP contribution in [-0.4, -0.2) is 15.2 Å². The fourth-order valence-electron chi connectivity index (χ4n) is 1.94. The minimum atomic E-state index is -0.900. The highest BCUT2D eigenvalue weighted by molar-refractivity contribution is 5.54. The van der Waals surface area contributed by atoms with Gasteiger partial charge in [0.25, 0.3) is 5.89 Å². The van der Waals surface area contributed by atoms with Crippen LogP contribution in [-0.2, 0) is 0 Å². The van der Waals surface area contributed by atoms with Crippen LogP contribution in [0.3, 0.4) is 0 Å². The second-order valence-electron chi connectivity index (χ2n) is 4.64. The third-order valence-corrected chi connectivity index (χ3v) is 3.10. The normalized spacial score (nSPS) is 12.3. The number of aryl methyl sites for hydroxylation is 1. The molecule has 0 saturated heterocycles. The average molecular weight is 266 g/mol. The molecule has 3 aromatic rings. The van der Waals surface area contributed by atoms with Crippen molar-refractivity contribution in [1.82, 2.24) is 10.1 Å². The van der Waals surface area contributed by atoms with Gasteiger partial charge in [0.05, 0.1) is 0 Å². The molecule has 2 aromatic carbocycles. The first kappa shape index (κ1) is 12.6. The van der Waals surface area contributed by atoms with Gasteiger partial charge < -0.3 is 9.63 Å². The molecule has 4 nitrogen and oxygen atoms in total. The van der Waals surface area contributed by atoms with Crippen LogP contribution < -0.4 is 0 Å². The van der Waals surface area contributed by atoms with Crippen molar-refractivity contribution in [2.75, 3.05) is 0 Å².